The second-order valence-corrected chi connectivity index (χ2v) is 1.69. The van der Waals surface area contributed by atoms with Gasteiger partial charge in [0.25, 0.3) is 0 Å². The van der Waals surface area contributed by atoms with Crippen LogP contribution in [0.3, 0.4) is 0 Å². The second kappa shape index (κ2) is 3.02. The number of hydrogen-bond donors (Lipinski definition) is 0. The quantitative estimate of drug-likeness (QED) is 0.549. The summed E-state index contributed by atoms with van der Waals surface area (Å²) in [5.41, 5.74) is 0.958. The molecule has 0 unspecified atom stereocenters. The minimum absolute atomic E-state index is 0.958. The van der Waals surface area contributed by atoms with Crippen molar-refractivity contribution in [3.8, 4) is 0 Å². The average molecular weight is 118 g/mol. The van der Waals surface area contributed by atoms with Crippen molar-refractivity contribution in [3.05, 3.63) is 36.2 Å². The lowest BCUT2D eigenvalue weighted by Gasteiger charge is -1.85. The van der Waals surface area contributed by atoms with Gasteiger partial charge in [-0.25, -0.2) is 0 Å². The molecule has 45 valence electrons. The van der Waals surface area contributed by atoms with Gasteiger partial charge in [-0.3, -0.25) is 4.98 Å². The van der Waals surface area contributed by atoms with Crippen LogP contribution < -0.4 is 0 Å². The third kappa shape index (κ3) is 1.68. The number of pyridine rings is 1. The molecule has 1 heteroatoms. The van der Waals surface area contributed by atoms with Crippen LogP contribution in [0.2, 0.25) is 0 Å². The Bertz CT molecular complexity index is 189. The van der Waals surface area contributed by atoms with Crippen molar-refractivity contribution in [1.82, 2.24) is 4.98 Å². The van der Waals surface area contributed by atoms with E-state index >= 15 is 0 Å². The van der Waals surface area contributed by atoms with Crippen molar-refractivity contribution in [3.63, 3.8) is 0 Å². The molecule has 0 aliphatic rings. The first-order chi connectivity index (χ1) is 4.43. The summed E-state index contributed by atoms with van der Waals surface area (Å²) in [6.45, 7) is 1.86. The average Bonchev–Trinajstić information content (AvgIpc) is 1.91. The highest BCUT2D eigenvalue weighted by Crippen LogP contribution is 1.93. The number of rotatable bonds is 1. The zero-order valence-corrected chi connectivity index (χ0v) is 5.33. The summed E-state index contributed by atoms with van der Waals surface area (Å²) >= 11 is 0. The molecule has 0 N–H and O–H groups in total. The van der Waals surface area contributed by atoms with Gasteiger partial charge in [0.2, 0.25) is 0 Å². The summed E-state index contributed by atoms with van der Waals surface area (Å²) < 4.78 is 0. The highest BCUT2D eigenvalue weighted by Gasteiger charge is 1.79. The van der Waals surface area contributed by atoms with Gasteiger partial charge in [-0.1, -0.05) is 6.07 Å². The monoisotopic (exact) mass is 118 g/mol. The topological polar surface area (TPSA) is 12.9 Å². The third-order valence-electron chi connectivity index (χ3n) is 0.980. The maximum absolute atomic E-state index is 4.05. The van der Waals surface area contributed by atoms with Crippen LogP contribution in [-0.2, 0) is 0 Å². The molecule has 0 fully saturated rings. The fourth-order valence-corrected chi connectivity index (χ4v) is 0.609. The van der Waals surface area contributed by atoms with Gasteiger partial charge in [0.15, 0.2) is 0 Å². The zero-order valence-electron chi connectivity index (χ0n) is 5.33. The molecule has 0 aliphatic carbocycles. The lowest BCUT2D eigenvalue weighted by molar-refractivity contribution is 1.29. The smallest absolute Gasteiger partial charge is 0.0632 e. The van der Waals surface area contributed by atoms with Crippen LogP contribution in [-0.4, -0.2) is 4.98 Å². The maximum atomic E-state index is 4.05. The molecule has 9 heavy (non-hydrogen) atoms. The van der Waals surface area contributed by atoms with Crippen molar-refractivity contribution in [2.75, 3.05) is 0 Å². The first-order valence-corrected chi connectivity index (χ1v) is 2.85. The lowest BCUT2D eigenvalue weighted by Crippen LogP contribution is -1.74. The maximum Gasteiger partial charge on any atom is 0.0632 e. The first-order valence-electron chi connectivity index (χ1n) is 2.85. The van der Waals surface area contributed by atoms with E-state index in [2.05, 4.69) is 11.1 Å². The minimum Gasteiger partial charge on any atom is -0.257 e. The van der Waals surface area contributed by atoms with Crippen LogP contribution >= 0.6 is 0 Å². The van der Waals surface area contributed by atoms with E-state index in [-0.39, 0.29) is 0 Å². The Morgan fingerprint density at radius 1 is 1.56 bits per heavy atom. The third-order valence-corrected chi connectivity index (χ3v) is 0.980. The summed E-state index contributed by atoms with van der Waals surface area (Å²) in [6, 6.07) is 5.79. The summed E-state index contributed by atoms with van der Waals surface area (Å²) in [6.07, 6.45) is 6.51. The van der Waals surface area contributed by atoms with E-state index in [1.54, 1.807) is 6.20 Å². The summed E-state index contributed by atoms with van der Waals surface area (Å²) in [5, 5.41) is 0. The van der Waals surface area contributed by atoms with E-state index in [4.69, 9.17) is 0 Å². The van der Waals surface area contributed by atoms with E-state index in [1.807, 2.05) is 31.2 Å². The molecule has 1 aromatic heterocycles. The summed E-state index contributed by atoms with van der Waals surface area (Å²) in [7, 11) is 0. The van der Waals surface area contributed by atoms with Gasteiger partial charge < -0.3 is 0 Å². The van der Waals surface area contributed by atoms with Crippen molar-refractivity contribution in [2.24, 2.45) is 0 Å². The van der Waals surface area contributed by atoms with Gasteiger partial charge >= 0.3 is 0 Å². The van der Waals surface area contributed by atoms with Crippen molar-refractivity contribution in [1.29, 1.82) is 0 Å². The van der Waals surface area contributed by atoms with Crippen molar-refractivity contribution >= 4 is 6.08 Å². The van der Waals surface area contributed by atoms with Crippen LogP contribution in [0.1, 0.15) is 12.6 Å². The Labute approximate surface area is 55.1 Å². The molecule has 1 aromatic rings. The van der Waals surface area contributed by atoms with Gasteiger partial charge in [0, 0.05) is 6.20 Å². The first kappa shape index (κ1) is 6.02. The van der Waals surface area contributed by atoms with E-state index in [0.717, 1.165) is 5.69 Å². The minimum atomic E-state index is 0.958. The van der Waals surface area contributed by atoms with Crippen molar-refractivity contribution in [2.45, 2.75) is 6.92 Å². The molecule has 0 amide bonds. The predicted octanol–water partition coefficient (Wildman–Crippen LogP) is 1.92. The predicted molar refractivity (Wildman–Crippen MR) is 37.6 cm³/mol. The normalized spacial score (nSPS) is 10.3. The molecule has 1 heterocycles. The molecular formula is C8H8N. The van der Waals surface area contributed by atoms with Gasteiger partial charge in [0.1, 0.15) is 0 Å². The molecule has 1 radical (unpaired) electrons. The number of hydrogen-bond acceptors (Lipinski definition) is 1. The Hall–Kier alpha value is -1.11. The van der Waals surface area contributed by atoms with E-state index in [1.165, 1.54) is 0 Å². The van der Waals surface area contributed by atoms with Crippen LogP contribution in [0.15, 0.2) is 24.4 Å². The molecule has 0 saturated heterocycles. The highest BCUT2D eigenvalue weighted by molar-refractivity contribution is 5.40. The van der Waals surface area contributed by atoms with E-state index in [0.29, 0.717) is 0 Å². The lowest BCUT2D eigenvalue weighted by atomic mass is 10.3. The van der Waals surface area contributed by atoms with Crippen molar-refractivity contribution < 1.29 is 0 Å². The molecule has 0 saturated carbocycles. The molecule has 0 bridgehead atoms. The van der Waals surface area contributed by atoms with E-state index in [9.17, 15) is 0 Å². The summed E-state index contributed by atoms with van der Waals surface area (Å²) in [4.78, 5) is 4.05. The van der Waals surface area contributed by atoms with Crippen LogP contribution in [0, 0.1) is 6.08 Å². The largest absolute Gasteiger partial charge is 0.257 e. The number of allylic oxidation sites excluding steroid dienone is 1. The van der Waals surface area contributed by atoms with Gasteiger partial charge in [0.05, 0.1) is 5.69 Å². The molecule has 0 atom stereocenters. The van der Waals surface area contributed by atoms with Crippen LogP contribution in [0.5, 0.6) is 0 Å². The second-order valence-electron chi connectivity index (χ2n) is 1.69. The molecule has 0 aromatic carbocycles. The standard InChI is InChI=1S/C8H8N/c1-2-5-8-6-3-4-7-9-8/h3-7H,1H3. The van der Waals surface area contributed by atoms with E-state index < -0.39 is 0 Å². The molecule has 0 spiro atoms. The fourth-order valence-electron chi connectivity index (χ4n) is 0.609. The Morgan fingerprint density at radius 2 is 2.44 bits per heavy atom. The van der Waals surface area contributed by atoms with Crippen LogP contribution in [0.4, 0.5) is 0 Å². The fraction of sp³-hybridized carbons (Fsp3) is 0.125. The van der Waals surface area contributed by atoms with Gasteiger partial charge in [-0.2, -0.15) is 0 Å². The SMILES string of the molecule is C/[C]=C\c1ccccn1. The Morgan fingerprint density at radius 3 is 3.00 bits per heavy atom. The van der Waals surface area contributed by atoms with Gasteiger partial charge in [-0.15, -0.1) is 0 Å². The molecule has 1 rings (SSSR count). The number of aromatic nitrogens is 1. The molecular weight excluding hydrogens is 110 g/mol. The Balaban J connectivity index is 2.85. The van der Waals surface area contributed by atoms with Gasteiger partial charge in [-0.05, 0) is 31.2 Å². The zero-order chi connectivity index (χ0) is 6.53. The molecule has 0 aliphatic heterocycles. The Kier molecular flexibility index (Phi) is 2.02. The van der Waals surface area contributed by atoms with Crippen LogP contribution in [0.25, 0.3) is 6.08 Å². The highest BCUT2D eigenvalue weighted by atomic mass is 14.6. The number of nitrogens with zero attached hydrogens (tertiary/aromatic N) is 1. The molecule has 1 nitrogen and oxygen atoms in total. The summed E-state index contributed by atoms with van der Waals surface area (Å²) in [5.74, 6) is 0.